The first kappa shape index (κ1) is 23.6. The number of rotatable bonds is 6. The van der Waals surface area contributed by atoms with Crippen molar-refractivity contribution in [3.8, 4) is 11.1 Å². The van der Waals surface area contributed by atoms with Crippen LogP contribution in [0.25, 0.3) is 11.1 Å². The lowest BCUT2D eigenvalue weighted by Crippen LogP contribution is -2.55. The standard InChI is InChI=1S/C24H23F3N2O5/c25-24(26,27)21(22(32)29-10-9-14(12-29)11-20(30)31)28-23(33)34-13-19-17-7-3-1-5-15(17)16-6-2-4-8-18(16)19/h1-8,14,19,21H,9-13H2,(H,28,33)(H,30,31). The fourth-order valence-corrected chi connectivity index (χ4v) is 4.67. The van der Waals surface area contributed by atoms with Crippen molar-refractivity contribution in [3.63, 3.8) is 0 Å². The quantitative estimate of drug-likeness (QED) is 0.662. The first-order valence-electron chi connectivity index (χ1n) is 10.8. The highest BCUT2D eigenvalue weighted by Crippen LogP contribution is 2.44. The third-order valence-electron chi connectivity index (χ3n) is 6.24. The number of alkyl halides is 3. The number of carbonyl (C=O) groups is 3. The molecular weight excluding hydrogens is 453 g/mol. The summed E-state index contributed by atoms with van der Waals surface area (Å²) in [6.07, 6.45) is -6.33. The van der Waals surface area contributed by atoms with Gasteiger partial charge < -0.3 is 20.1 Å². The molecule has 0 spiro atoms. The third-order valence-corrected chi connectivity index (χ3v) is 6.24. The van der Waals surface area contributed by atoms with E-state index in [9.17, 15) is 27.6 Å². The molecule has 2 aliphatic rings. The fraction of sp³-hybridized carbons (Fsp3) is 0.375. The third kappa shape index (κ3) is 4.85. The van der Waals surface area contributed by atoms with Crippen LogP contribution in [0.4, 0.5) is 18.0 Å². The maximum Gasteiger partial charge on any atom is 0.417 e. The fourth-order valence-electron chi connectivity index (χ4n) is 4.67. The van der Waals surface area contributed by atoms with Gasteiger partial charge in [0.2, 0.25) is 6.04 Å². The van der Waals surface area contributed by atoms with Gasteiger partial charge in [-0.25, -0.2) is 4.79 Å². The van der Waals surface area contributed by atoms with Crippen LogP contribution in [0.2, 0.25) is 0 Å². The van der Waals surface area contributed by atoms with Gasteiger partial charge in [-0.1, -0.05) is 48.5 Å². The van der Waals surface area contributed by atoms with Crippen molar-refractivity contribution in [1.82, 2.24) is 10.2 Å². The number of benzene rings is 2. The molecule has 34 heavy (non-hydrogen) atoms. The van der Waals surface area contributed by atoms with E-state index in [-0.39, 0.29) is 38.5 Å². The van der Waals surface area contributed by atoms with Gasteiger partial charge >= 0.3 is 18.2 Å². The molecule has 1 heterocycles. The molecule has 2 unspecified atom stereocenters. The van der Waals surface area contributed by atoms with Crippen molar-refractivity contribution in [2.24, 2.45) is 5.92 Å². The van der Waals surface area contributed by atoms with Crippen molar-refractivity contribution in [2.45, 2.75) is 31.0 Å². The van der Waals surface area contributed by atoms with Crippen molar-refractivity contribution < 1.29 is 37.4 Å². The van der Waals surface area contributed by atoms with Crippen molar-refractivity contribution >= 4 is 18.0 Å². The summed E-state index contributed by atoms with van der Waals surface area (Å²) in [4.78, 5) is 36.7. The molecule has 1 aliphatic heterocycles. The van der Waals surface area contributed by atoms with Crippen LogP contribution in [0.15, 0.2) is 48.5 Å². The maximum atomic E-state index is 13.6. The Hall–Kier alpha value is -3.56. The average molecular weight is 476 g/mol. The van der Waals surface area contributed by atoms with Gasteiger partial charge in [-0.3, -0.25) is 9.59 Å². The number of amides is 2. The predicted octanol–water partition coefficient (Wildman–Crippen LogP) is 3.78. The molecule has 2 N–H and O–H groups in total. The van der Waals surface area contributed by atoms with E-state index in [1.165, 1.54) is 0 Å². The lowest BCUT2D eigenvalue weighted by molar-refractivity contribution is -0.174. The molecular formula is C24H23F3N2O5. The maximum absolute atomic E-state index is 13.6. The van der Waals surface area contributed by atoms with E-state index in [2.05, 4.69) is 0 Å². The van der Waals surface area contributed by atoms with Gasteiger partial charge in [0.15, 0.2) is 0 Å². The normalized spacial score (nSPS) is 18.2. The molecule has 2 aromatic rings. The number of nitrogens with one attached hydrogen (secondary N) is 1. The molecule has 1 aliphatic carbocycles. The highest BCUT2D eigenvalue weighted by molar-refractivity contribution is 5.87. The Kier molecular flexibility index (Phi) is 6.49. The molecule has 4 rings (SSSR count). The predicted molar refractivity (Wildman–Crippen MR) is 115 cm³/mol. The summed E-state index contributed by atoms with van der Waals surface area (Å²) < 4.78 is 46.0. The number of carbonyl (C=O) groups excluding carboxylic acids is 2. The summed E-state index contributed by atoms with van der Waals surface area (Å²) in [5.74, 6) is -3.17. The Morgan fingerprint density at radius 2 is 1.65 bits per heavy atom. The zero-order valence-corrected chi connectivity index (χ0v) is 18.0. The topological polar surface area (TPSA) is 95.9 Å². The minimum Gasteiger partial charge on any atom is -0.481 e. The van der Waals surface area contributed by atoms with Crippen LogP contribution in [0.1, 0.15) is 29.9 Å². The molecule has 180 valence electrons. The number of fused-ring (bicyclic) bond motifs is 3. The van der Waals surface area contributed by atoms with Crippen molar-refractivity contribution in [1.29, 1.82) is 0 Å². The minimum absolute atomic E-state index is 0.00424. The molecule has 1 saturated heterocycles. The van der Waals surface area contributed by atoms with Gasteiger partial charge in [0.25, 0.3) is 5.91 Å². The second-order valence-electron chi connectivity index (χ2n) is 8.48. The number of alkyl carbamates (subject to hydrolysis) is 1. The number of likely N-dealkylation sites (tertiary alicyclic amines) is 1. The van der Waals surface area contributed by atoms with E-state index in [0.717, 1.165) is 27.2 Å². The van der Waals surface area contributed by atoms with Crippen molar-refractivity contribution in [2.75, 3.05) is 19.7 Å². The van der Waals surface area contributed by atoms with Gasteiger partial charge in [0, 0.05) is 25.4 Å². The van der Waals surface area contributed by atoms with E-state index in [1.807, 2.05) is 48.5 Å². The Balaban J connectivity index is 1.42. The van der Waals surface area contributed by atoms with Crippen LogP contribution in [0.3, 0.4) is 0 Å². The van der Waals surface area contributed by atoms with Crippen LogP contribution in [0.5, 0.6) is 0 Å². The van der Waals surface area contributed by atoms with E-state index in [1.54, 1.807) is 5.32 Å². The van der Waals surface area contributed by atoms with Crippen LogP contribution in [-0.4, -0.2) is 59.9 Å². The van der Waals surface area contributed by atoms with Crippen LogP contribution < -0.4 is 5.32 Å². The summed E-state index contributed by atoms with van der Waals surface area (Å²) in [6.45, 7) is -0.303. The molecule has 2 amide bonds. The Bertz CT molecular complexity index is 1060. The lowest BCUT2D eigenvalue weighted by Gasteiger charge is -2.26. The lowest BCUT2D eigenvalue weighted by atomic mass is 9.98. The summed E-state index contributed by atoms with van der Waals surface area (Å²) in [6, 6.07) is 12.3. The Morgan fingerprint density at radius 1 is 1.06 bits per heavy atom. The molecule has 0 radical (unpaired) electrons. The number of halogens is 3. The molecule has 0 aromatic heterocycles. The van der Waals surface area contributed by atoms with Gasteiger partial charge in [-0.05, 0) is 34.6 Å². The number of carboxylic acids is 1. The van der Waals surface area contributed by atoms with Crippen LogP contribution in [-0.2, 0) is 14.3 Å². The molecule has 10 heteroatoms. The van der Waals surface area contributed by atoms with Crippen LogP contribution in [0, 0.1) is 5.92 Å². The van der Waals surface area contributed by atoms with E-state index >= 15 is 0 Å². The van der Waals surface area contributed by atoms with Gasteiger partial charge in [0.05, 0.1) is 0 Å². The average Bonchev–Trinajstić information content (AvgIpc) is 3.37. The molecule has 2 aromatic carbocycles. The van der Waals surface area contributed by atoms with E-state index in [0.29, 0.717) is 0 Å². The Labute approximate surface area is 193 Å². The first-order valence-corrected chi connectivity index (χ1v) is 10.8. The molecule has 2 atom stereocenters. The number of hydrogen-bond acceptors (Lipinski definition) is 4. The minimum atomic E-state index is -5.03. The largest absolute Gasteiger partial charge is 0.481 e. The molecule has 7 nitrogen and oxygen atoms in total. The first-order chi connectivity index (χ1) is 16.1. The number of ether oxygens (including phenoxy) is 1. The highest BCUT2D eigenvalue weighted by atomic mass is 19.4. The second-order valence-corrected chi connectivity index (χ2v) is 8.48. The van der Waals surface area contributed by atoms with Gasteiger partial charge in [-0.2, -0.15) is 13.2 Å². The zero-order valence-electron chi connectivity index (χ0n) is 18.0. The summed E-state index contributed by atoms with van der Waals surface area (Å²) >= 11 is 0. The SMILES string of the molecule is O=C(O)CC1CCN(C(=O)C(NC(=O)OCC2c3ccccc3-c3ccccc32)C(F)(F)F)C1. The van der Waals surface area contributed by atoms with E-state index < -0.39 is 36.1 Å². The Morgan fingerprint density at radius 3 is 2.21 bits per heavy atom. The number of aliphatic carboxylic acids is 1. The molecule has 1 fully saturated rings. The molecule has 0 saturated carbocycles. The van der Waals surface area contributed by atoms with E-state index in [4.69, 9.17) is 9.84 Å². The monoisotopic (exact) mass is 476 g/mol. The smallest absolute Gasteiger partial charge is 0.417 e. The number of carboxylic acid groups (broad SMARTS) is 1. The van der Waals surface area contributed by atoms with Gasteiger partial charge in [-0.15, -0.1) is 0 Å². The number of hydrogen-bond donors (Lipinski definition) is 2. The summed E-state index contributed by atoms with van der Waals surface area (Å²) in [5, 5.41) is 10.5. The summed E-state index contributed by atoms with van der Waals surface area (Å²) in [5.41, 5.74) is 3.75. The zero-order chi connectivity index (χ0) is 24.5. The molecule has 0 bridgehead atoms. The van der Waals surface area contributed by atoms with Gasteiger partial charge in [0.1, 0.15) is 6.61 Å². The van der Waals surface area contributed by atoms with Crippen molar-refractivity contribution in [3.05, 3.63) is 59.7 Å². The van der Waals surface area contributed by atoms with Crippen LogP contribution >= 0.6 is 0 Å². The second kappa shape index (κ2) is 9.36. The summed E-state index contributed by atoms with van der Waals surface area (Å²) in [7, 11) is 0. The number of nitrogens with zero attached hydrogens (tertiary/aromatic N) is 1. The highest BCUT2D eigenvalue weighted by Gasteiger charge is 2.49.